The van der Waals surface area contributed by atoms with Crippen LogP contribution in [0.5, 0.6) is 0 Å². The highest BCUT2D eigenvalue weighted by Crippen LogP contribution is 2.28. The van der Waals surface area contributed by atoms with Crippen LogP contribution in [-0.4, -0.2) is 51.3 Å². The quantitative estimate of drug-likeness (QED) is 0.559. The van der Waals surface area contributed by atoms with E-state index in [1.54, 1.807) is 12.1 Å². The van der Waals surface area contributed by atoms with Crippen molar-refractivity contribution in [1.29, 1.82) is 0 Å². The predicted octanol–water partition coefficient (Wildman–Crippen LogP) is 2.47. The van der Waals surface area contributed by atoms with Gasteiger partial charge in [-0.05, 0) is 56.6 Å². The highest BCUT2D eigenvalue weighted by atomic mass is 32.2. The minimum absolute atomic E-state index is 0.360. The SMILES string of the molecule is CCNC(=NCCc1ccc(S(C)(=O)=O)cc1)NC1CCC(SC)C1. The lowest BCUT2D eigenvalue weighted by Crippen LogP contribution is -2.42. The van der Waals surface area contributed by atoms with E-state index in [2.05, 4.69) is 28.8 Å². The summed E-state index contributed by atoms with van der Waals surface area (Å²) in [5.41, 5.74) is 1.09. The van der Waals surface area contributed by atoms with Gasteiger partial charge in [0, 0.05) is 30.6 Å². The lowest BCUT2D eigenvalue weighted by atomic mass is 10.1. The van der Waals surface area contributed by atoms with Crippen molar-refractivity contribution < 1.29 is 8.42 Å². The summed E-state index contributed by atoms with van der Waals surface area (Å²) >= 11 is 1.95. The molecular formula is C18H29N3O2S2. The van der Waals surface area contributed by atoms with E-state index in [0.29, 0.717) is 17.5 Å². The predicted molar refractivity (Wildman–Crippen MR) is 107 cm³/mol. The first-order valence-electron chi connectivity index (χ1n) is 8.79. The summed E-state index contributed by atoms with van der Waals surface area (Å²) in [7, 11) is -3.13. The summed E-state index contributed by atoms with van der Waals surface area (Å²) < 4.78 is 23.0. The molecule has 2 unspecified atom stereocenters. The lowest BCUT2D eigenvalue weighted by Gasteiger charge is -2.17. The minimum Gasteiger partial charge on any atom is -0.357 e. The summed E-state index contributed by atoms with van der Waals surface area (Å²) in [5.74, 6) is 0.877. The Morgan fingerprint density at radius 2 is 2.00 bits per heavy atom. The second-order valence-corrected chi connectivity index (χ2v) is 9.59. The van der Waals surface area contributed by atoms with E-state index in [4.69, 9.17) is 0 Å². The Bertz CT molecular complexity index is 672. The molecule has 0 amide bonds. The summed E-state index contributed by atoms with van der Waals surface area (Å²) in [6.07, 6.45) is 7.86. The van der Waals surface area contributed by atoms with Crippen molar-refractivity contribution in [3.8, 4) is 0 Å². The molecule has 2 atom stereocenters. The number of rotatable bonds is 7. The Kier molecular flexibility index (Phi) is 7.62. The number of thioether (sulfide) groups is 1. The Balaban J connectivity index is 1.88. The van der Waals surface area contributed by atoms with Gasteiger partial charge in [0.2, 0.25) is 0 Å². The molecule has 0 saturated heterocycles. The van der Waals surface area contributed by atoms with Crippen LogP contribution in [0.3, 0.4) is 0 Å². The van der Waals surface area contributed by atoms with Crippen molar-refractivity contribution in [3.63, 3.8) is 0 Å². The summed E-state index contributed by atoms with van der Waals surface area (Å²) in [6.45, 7) is 3.58. The van der Waals surface area contributed by atoms with Gasteiger partial charge >= 0.3 is 0 Å². The van der Waals surface area contributed by atoms with Gasteiger partial charge in [-0.15, -0.1) is 0 Å². The molecule has 0 aromatic heterocycles. The number of nitrogens with zero attached hydrogens (tertiary/aromatic N) is 1. The Morgan fingerprint density at radius 3 is 2.56 bits per heavy atom. The fraction of sp³-hybridized carbons (Fsp3) is 0.611. The number of benzene rings is 1. The zero-order valence-electron chi connectivity index (χ0n) is 15.3. The van der Waals surface area contributed by atoms with Gasteiger partial charge in [0.25, 0.3) is 0 Å². The molecule has 1 aliphatic rings. The summed E-state index contributed by atoms with van der Waals surface area (Å²) in [5, 5.41) is 7.61. The Hall–Kier alpha value is -1.21. The average molecular weight is 384 g/mol. The van der Waals surface area contributed by atoms with Crippen LogP contribution in [0.25, 0.3) is 0 Å². The van der Waals surface area contributed by atoms with Gasteiger partial charge in [-0.2, -0.15) is 11.8 Å². The maximum Gasteiger partial charge on any atom is 0.191 e. The molecule has 25 heavy (non-hydrogen) atoms. The van der Waals surface area contributed by atoms with Crippen LogP contribution in [-0.2, 0) is 16.3 Å². The normalized spacial score (nSPS) is 21.3. The molecule has 2 rings (SSSR count). The number of aliphatic imine (C=N–C) groups is 1. The molecular weight excluding hydrogens is 354 g/mol. The molecule has 2 N–H and O–H groups in total. The molecule has 1 aromatic carbocycles. The maximum atomic E-state index is 11.5. The van der Waals surface area contributed by atoms with Gasteiger partial charge in [-0.25, -0.2) is 8.42 Å². The molecule has 0 heterocycles. The van der Waals surface area contributed by atoms with Crippen LogP contribution >= 0.6 is 11.8 Å². The third kappa shape index (κ3) is 6.55. The lowest BCUT2D eigenvalue weighted by molar-refractivity contribution is 0.602. The fourth-order valence-electron chi connectivity index (χ4n) is 3.00. The molecule has 140 valence electrons. The zero-order valence-corrected chi connectivity index (χ0v) is 16.9. The van der Waals surface area contributed by atoms with Gasteiger partial charge in [-0.1, -0.05) is 12.1 Å². The molecule has 0 spiro atoms. The van der Waals surface area contributed by atoms with Crippen molar-refractivity contribution >= 4 is 27.6 Å². The summed E-state index contributed by atoms with van der Waals surface area (Å²) in [4.78, 5) is 5.02. The minimum atomic E-state index is -3.13. The number of hydrogen-bond acceptors (Lipinski definition) is 4. The molecule has 0 radical (unpaired) electrons. The van der Waals surface area contributed by atoms with Crippen molar-refractivity contribution in [2.45, 2.75) is 48.8 Å². The Morgan fingerprint density at radius 1 is 1.28 bits per heavy atom. The molecule has 1 saturated carbocycles. The first-order chi connectivity index (χ1) is 11.9. The fourth-order valence-corrected chi connectivity index (χ4v) is 4.43. The first-order valence-corrected chi connectivity index (χ1v) is 12.0. The molecule has 0 bridgehead atoms. The van der Waals surface area contributed by atoms with E-state index in [1.807, 2.05) is 23.9 Å². The maximum absolute atomic E-state index is 11.5. The smallest absolute Gasteiger partial charge is 0.191 e. The summed E-state index contributed by atoms with van der Waals surface area (Å²) in [6, 6.07) is 7.57. The second-order valence-electron chi connectivity index (χ2n) is 6.44. The molecule has 7 heteroatoms. The number of hydrogen-bond donors (Lipinski definition) is 2. The number of guanidine groups is 1. The molecule has 1 aromatic rings. The number of sulfone groups is 1. The van der Waals surface area contributed by atoms with Crippen molar-refractivity contribution in [2.75, 3.05) is 25.6 Å². The Labute approximate surface area is 156 Å². The highest BCUT2D eigenvalue weighted by molar-refractivity contribution is 7.99. The van der Waals surface area contributed by atoms with Gasteiger partial charge in [0.15, 0.2) is 15.8 Å². The van der Waals surface area contributed by atoms with Crippen LogP contribution in [0.2, 0.25) is 0 Å². The average Bonchev–Trinajstić information content (AvgIpc) is 3.02. The topological polar surface area (TPSA) is 70.6 Å². The standard InChI is InChI=1S/C18H29N3O2S2/c1-4-19-18(21-15-7-8-16(13-15)24-2)20-12-11-14-5-9-17(10-6-14)25(3,22)23/h5-6,9-10,15-16H,4,7-8,11-13H2,1-3H3,(H2,19,20,21). The van der Waals surface area contributed by atoms with E-state index < -0.39 is 9.84 Å². The van der Waals surface area contributed by atoms with E-state index in [9.17, 15) is 8.42 Å². The van der Waals surface area contributed by atoms with E-state index >= 15 is 0 Å². The second kappa shape index (κ2) is 9.48. The van der Waals surface area contributed by atoms with Crippen LogP contribution in [0.4, 0.5) is 0 Å². The molecule has 5 nitrogen and oxygen atoms in total. The highest BCUT2D eigenvalue weighted by Gasteiger charge is 2.24. The monoisotopic (exact) mass is 383 g/mol. The first kappa shape index (κ1) is 20.1. The van der Waals surface area contributed by atoms with Crippen molar-refractivity contribution in [3.05, 3.63) is 29.8 Å². The van der Waals surface area contributed by atoms with E-state index in [1.165, 1.54) is 25.5 Å². The van der Waals surface area contributed by atoms with Crippen LogP contribution in [0.15, 0.2) is 34.2 Å². The van der Waals surface area contributed by atoms with Crippen molar-refractivity contribution in [1.82, 2.24) is 10.6 Å². The molecule has 0 aliphatic heterocycles. The van der Waals surface area contributed by atoms with Gasteiger partial charge in [0.05, 0.1) is 4.90 Å². The van der Waals surface area contributed by atoms with Crippen molar-refractivity contribution in [2.24, 2.45) is 4.99 Å². The third-order valence-corrected chi connectivity index (χ3v) is 6.65. The number of nitrogens with one attached hydrogen (secondary N) is 2. The van der Waals surface area contributed by atoms with Gasteiger partial charge in [0.1, 0.15) is 0 Å². The largest absolute Gasteiger partial charge is 0.357 e. The van der Waals surface area contributed by atoms with Gasteiger partial charge < -0.3 is 10.6 Å². The van der Waals surface area contributed by atoms with Crippen LogP contribution < -0.4 is 10.6 Å². The third-order valence-electron chi connectivity index (χ3n) is 4.42. The van der Waals surface area contributed by atoms with E-state index in [0.717, 1.165) is 29.7 Å². The molecule has 1 aliphatic carbocycles. The van der Waals surface area contributed by atoms with Gasteiger partial charge in [-0.3, -0.25) is 4.99 Å². The van der Waals surface area contributed by atoms with Crippen LogP contribution in [0, 0.1) is 0 Å². The zero-order chi connectivity index (χ0) is 18.3. The van der Waals surface area contributed by atoms with Crippen LogP contribution in [0.1, 0.15) is 31.7 Å². The van der Waals surface area contributed by atoms with E-state index in [-0.39, 0.29) is 0 Å². The molecule has 1 fully saturated rings.